The van der Waals surface area contributed by atoms with Gasteiger partial charge in [-0.2, -0.15) is 0 Å². The Morgan fingerprint density at radius 1 is 1.36 bits per heavy atom. The summed E-state index contributed by atoms with van der Waals surface area (Å²) in [5, 5.41) is 0. The largest absolute Gasteiger partial charge is 0.377 e. The molecule has 1 amide bonds. The van der Waals surface area contributed by atoms with E-state index in [1.54, 1.807) is 13.2 Å². The van der Waals surface area contributed by atoms with Gasteiger partial charge >= 0.3 is 0 Å². The molecule has 1 aliphatic carbocycles. The van der Waals surface area contributed by atoms with Crippen molar-refractivity contribution < 1.29 is 13.9 Å². The van der Waals surface area contributed by atoms with Gasteiger partial charge in [-0.1, -0.05) is 19.9 Å². The highest BCUT2D eigenvalue weighted by atomic mass is 19.1. The number of amides is 1. The molecule has 1 saturated heterocycles. The van der Waals surface area contributed by atoms with Crippen LogP contribution < -0.4 is 0 Å². The first-order valence-corrected chi connectivity index (χ1v) is 8.08. The number of piperidine rings is 1. The Hall–Kier alpha value is -1.42. The van der Waals surface area contributed by atoms with Crippen molar-refractivity contribution in [2.75, 3.05) is 20.2 Å². The molecule has 22 heavy (non-hydrogen) atoms. The number of halogens is 1. The molecular formula is C18H24FNO2. The lowest BCUT2D eigenvalue weighted by Crippen LogP contribution is -2.45. The Kier molecular flexibility index (Phi) is 3.98. The van der Waals surface area contributed by atoms with Gasteiger partial charge in [0.1, 0.15) is 5.82 Å². The summed E-state index contributed by atoms with van der Waals surface area (Å²) >= 11 is 0. The minimum absolute atomic E-state index is 0.0358. The maximum atomic E-state index is 13.7. The van der Waals surface area contributed by atoms with Gasteiger partial charge in [0.25, 0.3) is 0 Å². The van der Waals surface area contributed by atoms with Gasteiger partial charge in [-0.15, -0.1) is 0 Å². The van der Waals surface area contributed by atoms with E-state index in [2.05, 4.69) is 0 Å². The molecule has 1 fully saturated rings. The Labute approximate surface area is 131 Å². The lowest BCUT2D eigenvalue weighted by molar-refractivity contribution is -0.136. The van der Waals surface area contributed by atoms with E-state index < -0.39 is 0 Å². The van der Waals surface area contributed by atoms with Crippen LogP contribution in [0.3, 0.4) is 0 Å². The van der Waals surface area contributed by atoms with Crippen LogP contribution in [0.4, 0.5) is 4.39 Å². The average molecular weight is 305 g/mol. The Balaban J connectivity index is 1.85. The summed E-state index contributed by atoms with van der Waals surface area (Å²) in [5.74, 6) is 0.0697. The van der Waals surface area contributed by atoms with Crippen molar-refractivity contribution in [1.29, 1.82) is 0 Å². The van der Waals surface area contributed by atoms with Crippen LogP contribution >= 0.6 is 0 Å². The molecule has 0 N–H and O–H groups in total. The highest BCUT2D eigenvalue weighted by molar-refractivity contribution is 5.78. The van der Waals surface area contributed by atoms with Crippen LogP contribution in [0.5, 0.6) is 0 Å². The standard InChI is InChI=1S/C18H24FNO2/c1-12(2)17(21)20-8-6-18(7-9-20)11-16(22-3)14-5-4-13(19)10-15(14)18/h4-5,10,12,16H,6-9,11H2,1-3H3. The minimum Gasteiger partial charge on any atom is -0.377 e. The summed E-state index contributed by atoms with van der Waals surface area (Å²) in [4.78, 5) is 14.1. The second-order valence-electron chi connectivity index (χ2n) is 6.92. The van der Waals surface area contributed by atoms with Crippen LogP contribution in [0.2, 0.25) is 0 Å². The number of methoxy groups -OCH3 is 1. The average Bonchev–Trinajstić information content (AvgIpc) is 2.81. The summed E-state index contributed by atoms with van der Waals surface area (Å²) < 4.78 is 19.4. The van der Waals surface area contributed by atoms with E-state index in [1.807, 2.05) is 24.8 Å². The van der Waals surface area contributed by atoms with Crippen LogP contribution in [-0.4, -0.2) is 31.0 Å². The molecule has 1 atom stereocenters. The van der Waals surface area contributed by atoms with Crippen LogP contribution in [0.1, 0.15) is 50.3 Å². The summed E-state index contributed by atoms with van der Waals surface area (Å²) in [7, 11) is 1.72. The monoisotopic (exact) mass is 305 g/mol. The molecule has 2 aliphatic rings. The van der Waals surface area contributed by atoms with Crippen molar-refractivity contribution in [3.05, 3.63) is 35.1 Å². The van der Waals surface area contributed by atoms with E-state index >= 15 is 0 Å². The molecule has 1 aliphatic heterocycles. The fourth-order valence-corrected chi connectivity index (χ4v) is 4.05. The van der Waals surface area contributed by atoms with E-state index in [4.69, 9.17) is 4.74 Å². The van der Waals surface area contributed by atoms with Crippen molar-refractivity contribution in [3.8, 4) is 0 Å². The Bertz CT molecular complexity index is 576. The van der Waals surface area contributed by atoms with Gasteiger partial charge in [-0.25, -0.2) is 4.39 Å². The molecule has 0 saturated carbocycles. The van der Waals surface area contributed by atoms with Gasteiger partial charge < -0.3 is 9.64 Å². The molecule has 1 spiro atoms. The molecule has 1 aromatic rings. The smallest absolute Gasteiger partial charge is 0.225 e. The summed E-state index contributed by atoms with van der Waals surface area (Å²) in [5.41, 5.74) is 2.18. The fourth-order valence-electron chi connectivity index (χ4n) is 4.05. The number of ether oxygens (including phenoxy) is 1. The number of hydrogen-bond donors (Lipinski definition) is 0. The summed E-state index contributed by atoms with van der Waals surface area (Å²) in [6.45, 7) is 5.38. The van der Waals surface area contributed by atoms with E-state index in [9.17, 15) is 9.18 Å². The zero-order valence-corrected chi connectivity index (χ0v) is 13.6. The summed E-state index contributed by atoms with van der Waals surface area (Å²) in [6.07, 6.45) is 2.72. The zero-order chi connectivity index (χ0) is 15.9. The maximum Gasteiger partial charge on any atom is 0.225 e. The molecule has 1 aromatic carbocycles. The second-order valence-corrected chi connectivity index (χ2v) is 6.92. The molecule has 4 heteroatoms. The highest BCUT2D eigenvalue weighted by Gasteiger charge is 2.46. The quantitative estimate of drug-likeness (QED) is 0.838. The first-order valence-electron chi connectivity index (χ1n) is 8.08. The zero-order valence-electron chi connectivity index (χ0n) is 13.6. The molecule has 120 valence electrons. The van der Waals surface area contributed by atoms with Crippen LogP contribution in [0.25, 0.3) is 0 Å². The number of nitrogens with zero attached hydrogens (tertiary/aromatic N) is 1. The minimum atomic E-state index is -0.185. The number of carbonyl (C=O) groups excluding carboxylic acids is 1. The SMILES string of the molecule is COC1CC2(CCN(C(=O)C(C)C)CC2)c2cc(F)ccc21. The van der Waals surface area contributed by atoms with Crippen LogP contribution in [-0.2, 0) is 14.9 Å². The fraction of sp³-hybridized carbons (Fsp3) is 0.611. The topological polar surface area (TPSA) is 29.5 Å². The Morgan fingerprint density at radius 2 is 2.05 bits per heavy atom. The molecule has 3 nitrogen and oxygen atoms in total. The van der Waals surface area contributed by atoms with E-state index in [0.29, 0.717) is 0 Å². The number of hydrogen-bond acceptors (Lipinski definition) is 2. The van der Waals surface area contributed by atoms with Crippen molar-refractivity contribution in [2.45, 2.75) is 44.6 Å². The van der Waals surface area contributed by atoms with Crippen LogP contribution in [0, 0.1) is 11.7 Å². The predicted molar refractivity (Wildman–Crippen MR) is 83.1 cm³/mol. The van der Waals surface area contributed by atoms with Crippen molar-refractivity contribution >= 4 is 5.91 Å². The lowest BCUT2D eigenvalue weighted by atomic mass is 9.73. The molecule has 0 bridgehead atoms. The molecule has 3 rings (SSSR count). The Morgan fingerprint density at radius 3 is 2.64 bits per heavy atom. The maximum absolute atomic E-state index is 13.7. The van der Waals surface area contributed by atoms with Crippen LogP contribution in [0.15, 0.2) is 18.2 Å². The lowest BCUT2D eigenvalue weighted by Gasteiger charge is -2.40. The number of likely N-dealkylation sites (tertiary alicyclic amines) is 1. The van der Waals surface area contributed by atoms with Gasteiger partial charge in [0.15, 0.2) is 0 Å². The number of carbonyl (C=O) groups is 1. The highest BCUT2D eigenvalue weighted by Crippen LogP contribution is 2.52. The predicted octanol–water partition coefficient (Wildman–Crippen LogP) is 3.43. The first-order chi connectivity index (χ1) is 10.5. The van der Waals surface area contributed by atoms with Crippen molar-refractivity contribution in [1.82, 2.24) is 4.90 Å². The van der Waals surface area contributed by atoms with Crippen molar-refractivity contribution in [2.24, 2.45) is 5.92 Å². The third kappa shape index (κ3) is 2.43. The van der Waals surface area contributed by atoms with Gasteiger partial charge in [0, 0.05) is 31.5 Å². The second kappa shape index (κ2) is 5.65. The van der Waals surface area contributed by atoms with Gasteiger partial charge in [-0.3, -0.25) is 4.79 Å². The molecule has 1 heterocycles. The summed E-state index contributed by atoms with van der Waals surface area (Å²) in [6, 6.07) is 5.05. The van der Waals surface area contributed by atoms with Gasteiger partial charge in [0.05, 0.1) is 6.10 Å². The third-order valence-corrected chi connectivity index (χ3v) is 5.32. The van der Waals surface area contributed by atoms with Gasteiger partial charge in [0.2, 0.25) is 5.91 Å². The molecular weight excluding hydrogens is 281 g/mol. The van der Waals surface area contributed by atoms with Gasteiger partial charge in [-0.05, 0) is 42.5 Å². The normalized spacial score (nSPS) is 23.1. The first kappa shape index (κ1) is 15.5. The number of benzene rings is 1. The molecule has 1 unspecified atom stereocenters. The number of fused-ring (bicyclic) bond motifs is 2. The number of rotatable bonds is 2. The molecule has 0 aromatic heterocycles. The third-order valence-electron chi connectivity index (χ3n) is 5.32. The van der Waals surface area contributed by atoms with E-state index in [-0.39, 0.29) is 29.2 Å². The molecule has 0 radical (unpaired) electrons. The van der Waals surface area contributed by atoms with Crippen molar-refractivity contribution in [3.63, 3.8) is 0 Å². The van der Waals surface area contributed by atoms with E-state index in [1.165, 1.54) is 6.07 Å². The van der Waals surface area contributed by atoms with E-state index in [0.717, 1.165) is 43.5 Å².